The lowest BCUT2D eigenvalue weighted by Gasteiger charge is -2.49. The summed E-state index contributed by atoms with van der Waals surface area (Å²) in [7, 11) is 1.95. The maximum atomic E-state index is 12.1. The predicted octanol–water partition coefficient (Wildman–Crippen LogP) is 0.310. The van der Waals surface area contributed by atoms with Crippen molar-refractivity contribution < 1.29 is 9.90 Å². The second-order valence-corrected chi connectivity index (χ2v) is 4.84. The van der Waals surface area contributed by atoms with E-state index >= 15 is 0 Å². The summed E-state index contributed by atoms with van der Waals surface area (Å²) in [5.41, 5.74) is -0.105. The molecule has 15 heavy (non-hydrogen) atoms. The third-order valence-corrected chi connectivity index (χ3v) is 3.17. The average molecular weight is 214 g/mol. The molecule has 1 unspecified atom stereocenters. The zero-order valence-corrected chi connectivity index (χ0v) is 10.2. The highest BCUT2D eigenvalue weighted by atomic mass is 16.3. The van der Waals surface area contributed by atoms with Gasteiger partial charge < -0.3 is 10.0 Å². The number of likely N-dealkylation sites (N-methyl/N-ethyl adjacent to an activating group) is 2. The summed E-state index contributed by atoms with van der Waals surface area (Å²) in [6, 6.07) is -0.150. The van der Waals surface area contributed by atoms with Crippen LogP contribution in [-0.4, -0.2) is 59.1 Å². The minimum atomic E-state index is -0.150. The number of aliphatic hydroxyl groups excluding tert-OH is 1. The molecule has 0 aromatic rings. The molecule has 1 saturated heterocycles. The molecule has 1 fully saturated rings. The number of nitrogens with zero attached hydrogens (tertiary/aromatic N) is 2. The van der Waals surface area contributed by atoms with E-state index in [4.69, 9.17) is 5.11 Å². The fourth-order valence-corrected chi connectivity index (χ4v) is 2.52. The Bertz CT molecular complexity index is 241. The van der Waals surface area contributed by atoms with Gasteiger partial charge in [0.25, 0.3) is 0 Å². The molecule has 0 bridgehead atoms. The quantitative estimate of drug-likeness (QED) is 0.735. The van der Waals surface area contributed by atoms with Gasteiger partial charge in [0.05, 0.1) is 6.04 Å². The molecule has 1 heterocycles. The molecule has 0 radical (unpaired) electrons. The van der Waals surface area contributed by atoms with Crippen LogP contribution in [0.4, 0.5) is 0 Å². The molecule has 1 rings (SSSR count). The van der Waals surface area contributed by atoms with Gasteiger partial charge in [-0.15, -0.1) is 0 Å². The van der Waals surface area contributed by atoms with Crippen LogP contribution in [0.1, 0.15) is 27.2 Å². The van der Waals surface area contributed by atoms with Crippen molar-refractivity contribution >= 4 is 5.91 Å². The number of carbonyl (C=O) groups excluding carboxylic acids is 1. The van der Waals surface area contributed by atoms with Gasteiger partial charge in [0.15, 0.2) is 0 Å². The van der Waals surface area contributed by atoms with E-state index in [1.54, 1.807) is 0 Å². The van der Waals surface area contributed by atoms with Gasteiger partial charge in [-0.2, -0.15) is 0 Å². The van der Waals surface area contributed by atoms with Crippen molar-refractivity contribution in [2.75, 3.05) is 26.7 Å². The third kappa shape index (κ3) is 2.32. The Morgan fingerprint density at radius 1 is 1.53 bits per heavy atom. The molecule has 4 nitrogen and oxygen atoms in total. The van der Waals surface area contributed by atoms with Crippen molar-refractivity contribution in [3.8, 4) is 0 Å². The second-order valence-electron chi connectivity index (χ2n) is 4.84. The normalized spacial score (nSPS) is 27.1. The lowest BCUT2D eigenvalue weighted by atomic mass is 9.94. The minimum Gasteiger partial charge on any atom is -0.396 e. The van der Waals surface area contributed by atoms with Crippen molar-refractivity contribution in [1.29, 1.82) is 0 Å². The second kappa shape index (κ2) is 4.49. The number of hydrogen-bond donors (Lipinski definition) is 1. The van der Waals surface area contributed by atoms with Crippen LogP contribution in [0.25, 0.3) is 0 Å². The zero-order valence-electron chi connectivity index (χ0n) is 10.2. The molecule has 0 spiro atoms. The summed E-state index contributed by atoms with van der Waals surface area (Å²) in [6.45, 7) is 7.83. The summed E-state index contributed by atoms with van der Waals surface area (Å²) in [4.78, 5) is 16.1. The molecular formula is C11H22N2O2. The molecule has 0 aliphatic carbocycles. The van der Waals surface area contributed by atoms with E-state index in [2.05, 4.69) is 13.8 Å². The molecule has 1 aliphatic heterocycles. The third-order valence-electron chi connectivity index (χ3n) is 3.17. The van der Waals surface area contributed by atoms with E-state index < -0.39 is 0 Å². The molecule has 1 atom stereocenters. The summed E-state index contributed by atoms with van der Waals surface area (Å²) in [5, 5.41) is 8.95. The van der Waals surface area contributed by atoms with Gasteiger partial charge in [-0.05, 0) is 34.2 Å². The Kier molecular flexibility index (Phi) is 3.73. The number of aliphatic hydroxyl groups is 1. The first-order valence-corrected chi connectivity index (χ1v) is 5.56. The van der Waals surface area contributed by atoms with E-state index in [0.717, 1.165) is 13.1 Å². The topological polar surface area (TPSA) is 43.8 Å². The average Bonchev–Trinajstić information content (AvgIpc) is 2.11. The van der Waals surface area contributed by atoms with Crippen LogP contribution in [0.3, 0.4) is 0 Å². The summed E-state index contributed by atoms with van der Waals surface area (Å²) >= 11 is 0. The maximum Gasteiger partial charge on any atom is 0.240 e. The fraction of sp³-hybridized carbons (Fsp3) is 0.909. The minimum absolute atomic E-state index is 0.0682. The van der Waals surface area contributed by atoms with Crippen LogP contribution in [0, 0.1) is 0 Å². The molecular weight excluding hydrogens is 192 g/mol. The number of piperazine rings is 1. The molecule has 1 N–H and O–H groups in total. The van der Waals surface area contributed by atoms with Crippen LogP contribution < -0.4 is 0 Å². The molecule has 1 aliphatic rings. The number of carbonyl (C=O) groups is 1. The van der Waals surface area contributed by atoms with E-state index in [1.165, 1.54) is 0 Å². The summed E-state index contributed by atoms with van der Waals surface area (Å²) in [6.07, 6.45) is 0.530. The Hall–Kier alpha value is -0.610. The maximum absolute atomic E-state index is 12.1. The summed E-state index contributed by atoms with van der Waals surface area (Å²) < 4.78 is 0. The van der Waals surface area contributed by atoms with Crippen molar-refractivity contribution in [1.82, 2.24) is 9.80 Å². The van der Waals surface area contributed by atoms with Gasteiger partial charge in [-0.3, -0.25) is 9.69 Å². The van der Waals surface area contributed by atoms with Crippen molar-refractivity contribution in [2.45, 2.75) is 38.8 Å². The number of rotatable bonds is 3. The van der Waals surface area contributed by atoms with E-state index in [-0.39, 0.29) is 24.1 Å². The van der Waals surface area contributed by atoms with Gasteiger partial charge in [-0.25, -0.2) is 0 Å². The Morgan fingerprint density at radius 2 is 2.13 bits per heavy atom. The molecule has 0 aromatic carbocycles. The monoisotopic (exact) mass is 214 g/mol. The Balaban J connectivity index is 2.85. The highest BCUT2D eigenvalue weighted by Gasteiger charge is 2.41. The van der Waals surface area contributed by atoms with E-state index in [1.807, 2.05) is 23.8 Å². The van der Waals surface area contributed by atoms with Crippen molar-refractivity contribution in [2.24, 2.45) is 0 Å². The lowest BCUT2D eigenvalue weighted by Crippen LogP contribution is -2.65. The Labute approximate surface area is 91.9 Å². The van der Waals surface area contributed by atoms with Crippen LogP contribution in [0.2, 0.25) is 0 Å². The molecule has 1 amide bonds. The van der Waals surface area contributed by atoms with Gasteiger partial charge in [0.2, 0.25) is 5.91 Å². The van der Waals surface area contributed by atoms with Crippen LogP contribution >= 0.6 is 0 Å². The standard InChI is InChI=1S/C11H22N2O2/c1-5-13-10(15)9(6-7-14)12(4)8-11(13,2)3/h9,14H,5-8H2,1-4H3. The largest absolute Gasteiger partial charge is 0.396 e. The first kappa shape index (κ1) is 12.5. The van der Waals surface area contributed by atoms with E-state index in [9.17, 15) is 4.79 Å². The molecule has 4 heteroatoms. The van der Waals surface area contributed by atoms with Gasteiger partial charge in [0, 0.05) is 25.2 Å². The van der Waals surface area contributed by atoms with Crippen LogP contribution in [-0.2, 0) is 4.79 Å². The number of amides is 1. The SMILES string of the molecule is CCN1C(=O)C(CCO)N(C)CC1(C)C. The zero-order chi connectivity index (χ0) is 11.6. The molecule has 0 aromatic heterocycles. The highest BCUT2D eigenvalue weighted by Crippen LogP contribution is 2.25. The fourth-order valence-electron chi connectivity index (χ4n) is 2.52. The van der Waals surface area contributed by atoms with Crippen LogP contribution in [0.15, 0.2) is 0 Å². The smallest absolute Gasteiger partial charge is 0.240 e. The lowest BCUT2D eigenvalue weighted by molar-refractivity contribution is -0.150. The van der Waals surface area contributed by atoms with E-state index in [0.29, 0.717) is 6.42 Å². The highest BCUT2D eigenvalue weighted by molar-refractivity contribution is 5.83. The number of hydrogen-bond acceptors (Lipinski definition) is 3. The van der Waals surface area contributed by atoms with Gasteiger partial charge in [0.1, 0.15) is 0 Å². The van der Waals surface area contributed by atoms with Crippen LogP contribution in [0.5, 0.6) is 0 Å². The van der Waals surface area contributed by atoms with Gasteiger partial charge in [-0.1, -0.05) is 0 Å². The first-order chi connectivity index (χ1) is 6.94. The molecule has 88 valence electrons. The van der Waals surface area contributed by atoms with Crippen molar-refractivity contribution in [3.63, 3.8) is 0 Å². The molecule has 0 saturated carbocycles. The predicted molar refractivity (Wildman–Crippen MR) is 59.6 cm³/mol. The Morgan fingerprint density at radius 3 is 2.60 bits per heavy atom. The first-order valence-electron chi connectivity index (χ1n) is 5.56. The summed E-state index contributed by atoms with van der Waals surface area (Å²) in [5.74, 6) is 0.144. The van der Waals surface area contributed by atoms with Gasteiger partial charge >= 0.3 is 0 Å². The van der Waals surface area contributed by atoms with Crippen molar-refractivity contribution in [3.05, 3.63) is 0 Å².